The number of ether oxygens (including phenoxy) is 1. The van der Waals surface area contributed by atoms with Crippen molar-refractivity contribution >= 4 is 39.0 Å². The van der Waals surface area contributed by atoms with Gasteiger partial charge in [0.25, 0.3) is 0 Å². The van der Waals surface area contributed by atoms with Gasteiger partial charge in [-0.3, -0.25) is 9.59 Å². The molecule has 48 heavy (non-hydrogen) atoms. The fraction of sp³-hybridized carbons (Fsp3) is 0.500. The topological polar surface area (TPSA) is 128 Å². The Kier molecular flexibility index (Phi) is 9.96. The van der Waals surface area contributed by atoms with Gasteiger partial charge in [-0.05, 0) is 61.8 Å². The molecule has 258 valence electrons. The maximum absolute atomic E-state index is 13.0. The molecule has 14 heteroatoms. The van der Waals surface area contributed by atoms with Crippen LogP contribution in [0.4, 0.5) is 19.1 Å². The van der Waals surface area contributed by atoms with E-state index in [1.807, 2.05) is 19.1 Å². The summed E-state index contributed by atoms with van der Waals surface area (Å²) in [6, 6.07) is 13.4. The number of alkyl halides is 3. The Labute approximate surface area is 283 Å². The standard InChI is InChI=1S/C34H38ClF3N4O5S/c1-4-32(15-16-32)48(45,46)20-27(44)31(2,3)14-13-26(43)23-7-5-22(6-8-23)19-28-39-29(41-30(40-28)47-21-34(36,37)38)42-33(17-18-33)24-9-11-25(35)12-10-24/h5-12H,4,13-21H2,1-3H3,(H,39,40,41,42). The molecule has 1 heterocycles. The smallest absolute Gasteiger partial charge is 0.422 e. The second kappa shape index (κ2) is 13.4. The second-order valence-electron chi connectivity index (χ2n) is 13.4. The molecule has 1 N–H and O–H groups in total. The molecule has 0 atom stereocenters. The number of sulfone groups is 1. The number of rotatable bonds is 16. The number of aromatic nitrogens is 3. The zero-order valence-electron chi connectivity index (χ0n) is 27.0. The van der Waals surface area contributed by atoms with Gasteiger partial charge in [-0.1, -0.05) is 68.8 Å². The Balaban J connectivity index is 1.24. The molecule has 9 nitrogen and oxygen atoms in total. The minimum absolute atomic E-state index is 0.0504. The quantitative estimate of drug-likeness (QED) is 0.156. The Morgan fingerprint density at radius 2 is 1.60 bits per heavy atom. The number of hydrogen-bond acceptors (Lipinski definition) is 9. The predicted molar refractivity (Wildman–Crippen MR) is 175 cm³/mol. The summed E-state index contributed by atoms with van der Waals surface area (Å²) < 4.78 is 68.5. The average molecular weight is 707 g/mol. The van der Waals surface area contributed by atoms with Crippen molar-refractivity contribution in [3.63, 3.8) is 0 Å². The van der Waals surface area contributed by atoms with Crippen LogP contribution in [0, 0.1) is 5.41 Å². The number of hydrogen-bond donors (Lipinski definition) is 1. The van der Waals surface area contributed by atoms with Crippen LogP contribution in [-0.2, 0) is 26.6 Å². The first kappa shape index (κ1) is 35.7. The van der Waals surface area contributed by atoms with Crippen LogP contribution in [0.5, 0.6) is 6.01 Å². The summed E-state index contributed by atoms with van der Waals surface area (Å²) in [5.74, 6) is -0.874. The van der Waals surface area contributed by atoms with Gasteiger partial charge in [0, 0.05) is 28.8 Å². The molecule has 2 saturated carbocycles. The van der Waals surface area contributed by atoms with Crippen LogP contribution in [0.15, 0.2) is 48.5 Å². The van der Waals surface area contributed by atoms with E-state index >= 15 is 0 Å². The predicted octanol–water partition coefficient (Wildman–Crippen LogP) is 7.07. The summed E-state index contributed by atoms with van der Waals surface area (Å²) in [5, 5.41) is 3.82. The molecule has 3 aromatic rings. The molecule has 0 spiro atoms. The molecule has 5 rings (SSSR count). The van der Waals surface area contributed by atoms with Crippen LogP contribution in [0.25, 0.3) is 0 Å². The normalized spacial score (nSPS) is 16.6. The van der Waals surface area contributed by atoms with Gasteiger partial charge in [-0.15, -0.1) is 0 Å². The van der Waals surface area contributed by atoms with Gasteiger partial charge in [0.05, 0.1) is 10.3 Å². The summed E-state index contributed by atoms with van der Waals surface area (Å²) in [6.07, 6.45) is -1.05. The highest BCUT2D eigenvalue weighted by atomic mass is 35.5. The van der Waals surface area contributed by atoms with Crippen molar-refractivity contribution < 1.29 is 35.9 Å². The van der Waals surface area contributed by atoms with E-state index in [1.165, 1.54) is 0 Å². The van der Waals surface area contributed by atoms with Crippen molar-refractivity contribution in [3.05, 3.63) is 76.1 Å². The van der Waals surface area contributed by atoms with Gasteiger partial charge in [0.1, 0.15) is 11.6 Å². The highest BCUT2D eigenvalue weighted by molar-refractivity contribution is 7.93. The third-order valence-corrected chi connectivity index (χ3v) is 12.2. The number of anilines is 1. The molecule has 0 amide bonds. The Bertz CT molecular complexity index is 1770. The van der Waals surface area contributed by atoms with Crippen LogP contribution in [0.3, 0.4) is 0 Å². The van der Waals surface area contributed by atoms with Crippen molar-refractivity contribution in [2.24, 2.45) is 5.41 Å². The van der Waals surface area contributed by atoms with Crippen LogP contribution < -0.4 is 10.1 Å². The van der Waals surface area contributed by atoms with Crippen molar-refractivity contribution in [1.29, 1.82) is 0 Å². The Morgan fingerprint density at radius 3 is 2.17 bits per heavy atom. The number of carbonyl (C=O) groups is 2. The van der Waals surface area contributed by atoms with E-state index in [1.54, 1.807) is 50.2 Å². The highest BCUT2D eigenvalue weighted by Gasteiger charge is 2.53. The maximum atomic E-state index is 13.0. The van der Waals surface area contributed by atoms with Crippen molar-refractivity contribution in [3.8, 4) is 6.01 Å². The van der Waals surface area contributed by atoms with E-state index in [0.29, 0.717) is 35.4 Å². The fourth-order valence-corrected chi connectivity index (χ4v) is 7.92. The first-order valence-electron chi connectivity index (χ1n) is 15.8. The second-order valence-corrected chi connectivity index (χ2v) is 16.2. The number of benzene rings is 2. The molecule has 0 saturated heterocycles. The van der Waals surface area contributed by atoms with E-state index in [2.05, 4.69) is 20.3 Å². The third-order valence-electron chi connectivity index (χ3n) is 9.33. The van der Waals surface area contributed by atoms with Crippen LogP contribution >= 0.6 is 11.6 Å². The zero-order chi connectivity index (χ0) is 35.0. The fourth-order valence-electron chi connectivity index (χ4n) is 5.58. The maximum Gasteiger partial charge on any atom is 0.422 e. The van der Waals surface area contributed by atoms with Crippen LogP contribution in [0.2, 0.25) is 5.02 Å². The van der Waals surface area contributed by atoms with Crippen LogP contribution in [-0.4, -0.2) is 58.2 Å². The molecule has 0 bridgehead atoms. The summed E-state index contributed by atoms with van der Waals surface area (Å²) in [5.41, 5.74) is 0.552. The third kappa shape index (κ3) is 8.52. The van der Waals surface area contributed by atoms with Gasteiger partial charge < -0.3 is 10.1 Å². The van der Waals surface area contributed by atoms with E-state index in [0.717, 1.165) is 18.4 Å². The van der Waals surface area contributed by atoms with E-state index in [4.69, 9.17) is 16.3 Å². The molecule has 0 aliphatic heterocycles. The summed E-state index contributed by atoms with van der Waals surface area (Å²) in [7, 11) is -3.55. The Hall–Kier alpha value is -3.58. The van der Waals surface area contributed by atoms with Crippen molar-refractivity contribution in [2.45, 2.75) is 88.6 Å². The zero-order valence-corrected chi connectivity index (χ0v) is 28.6. The van der Waals surface area contributed by atoms with Gasteiger partial charge in [0.15, 0.2) is 28.0 Å². The number of nitrogens with zero attached hydrogens (tertiary/aromatic N) is 3. The summed E-state index contributed by atoms with van der Waals surface area (Å²) in [6.45, 7) is 3.59. The lowest BCUT2D eigenvalue weighted by Gasteiger charge is -2.24. The Morgan fingerprint density at radius 1 is 0.958 bits per heavy atom. The molecule has 2 aliphatic rings. The minimum Gasteiger partial charge on any atom is -0.454 e. The molecule has 2 aromatic carbocycles. The molecular formula is C34H38ClF3N4O5S. The average Bonchev–Trinajstić information content (AvgIpc) is 3.95. The lowest BCUT2D eigenvalue weighted by atomic mass is 9.82. The number of nitrogens with one attached hydrogen (secondary N) is 1. The molecular weight excluding hydrogens is 669 g/mol. The number of Topliss-reactive ketones (excluding diaryl/α,β-unsaturated/α-hetero) is 2. The number of halogens is 4. The van der Waals surface area contributed by atoms with E-state index < -0.39 is 55.9 Å². The van der Waals surface area contributed by atoms with Gasteiger partial charge in [0.2, 0.25) is 5.95 Å². The van der Waals surface area contributed by atoms with E-state index in [-0.39, 0.29) is 36.8 Å². The molecule has 0 radical (unpaired) electrons. The van der Waals surface area contributed by atoms with Crippen molar-refractivity contribution in [2.75, 3.05) is 17.7 Å². The lowest BCUT2D eigenvalue weighted by molar-refractivity contribution is -0.154. The molecule has 1 aromatic heterocycles. The molecule has 2 aliphatic carbocycles. The van der Waals surface area contributed by atoms with Gasteiger partial charge in [-0.2, -0.15) is 28.1 Å². The molecule has 0 unspecified atom stereocenters. The summed E-state index contributed by atoms with van der Waals surface area (Å²) in [4.78, 5) is 38.6. The van der Waals surface area contributed by atoms with Crippen LogP contribution in [0.1, 0.15) is 93.0 Å². The number of ketones is 2. The van der Waals surface area contributed by atoms with Gasteiger partial charge >= 0.3 is 12.2 Å². The first-order valence-corrected chi connectivity index (χ1v) is 17.8. The monoisotopic (exact) mass is 706 g/mol. The van der Waals surface area contributed by atoms with Gasteiger partial charge in [-0.25, -0.2) is 8.42 Å². The summed E-state index contributed by atoms with van der Waals surface area (Å²) >= 11 is 6.03. The minimum atomic E-state index is -4.58. The van der Waals surface area contributed by atoms with E-state index in [9.17, 15) is 31.2 Å². The van der Waals surface area contributed by atoms with Crippen molar-refractivity contribution in [1.82, 2.24) is 15.0 Å². The largest absolute Gasteiger partial charge is 0.454 e. The molecule has 2 fully saturated rings. The first-order chi connectivity index (χ1) is 22.4. The lowest BCUT2D eigenvalue weighted by Crippen LogP contribution is -2.36. The number of carbonyl (C=O) groups excluding carboxylic acids is 2. The highest BCUT2D eigenvalue weighted by Crippen LogP contribution is 2.48. The SMILES string of the molecule is CCC1(S(=O)(=O)CC(=O)C(C)(C)CCC(=O)c2ccc(Cc3nc(NC4(c5ccc(Cl)cc5)CC4)nc(OCC(F)(F)F)n3)cc2)CC1.